The van der Waals surface area contributed by atoms with Gasteiger partial charge in [-0.05, 0) is 18.9 Å². The molecule has 2 aromatic rings. The number of rotatable bonds is 8. The second kappa shape index (κ2) is 9.52. The standard InChI is InChI=1S/C18H25N5O3S/c1-11(2)14(16(24)20-17(19)25)27-18-22-21-15(23(18)8-9-26-4)13-7-5-6-12(3)10-13/h5-7,10-11,14H,8-9H2,1-4H3,(H3,19,20,24,25)/t14-/m0/s1. The molecule has 0 aliphatic rings. The van der Waals surface area contributed by atoms with E-state index in [4.69, 9.17) is 10.5 Å². The Bertz CT molecular complexity index is 806. The number of hydrogen-bond donors (Lipinski definition) is 2. The number of ether oxygens (including phenoxy) is 1. The number of urea groups is 1. The van der Waals surface area contributed by atoms with Crippen LogP contribution in [0.15, 0.2) is 29.4 Å². The maximum Gasteiger partial charge on any atom is 0.318 e. The molecule has 0 saturated heterocycles. The van der Waals surface area contributed by atoms with Crippen LogP contribution in [0.2, 0.25) is 0 Å². The van der Waals surface area contributed by atoms with Crippen LogP contribution < -0.4 is 11.1 Å². The number of aryl methyl sites for hydroxylation is 1. The Morgan fingerprint density at radius 3 is 2.67 bits per heavy atom. The molecule has 1 heterocycles. The van der Waals surface area contributed by atoms with Gasteiger partial charge in [-0.2, -0.15) is 0 Å². The van der Waals surface area contributed by atoms with E-state index in [-0.39, 0.29) is 5.92 Å². The molecule has 0 spiro atoms. The zero-order valence-electron chi connectivity index (χ0n) is 15.9. The summed E-state index contributed by atoms with van der Waals surface area (Å²) in [5.74, 6) is 0.223. The molecular weight excluding hydrogens is 366 g/mol. The van der Waals surface area contributed by atoms with Crippen molar-refractivity contribution >= 4 is 23.7 Å². The van der Waals surface area contributed by atoms with Crippen LogP contribution in [0.25, 0.3) is 11.4 Å². The van der Waals surface area contributed by atoms with Crippen molar-refractivity contribution in [2.24, 2.45) is 11.7 Å². The van der Waals surface area contributed by atoms with E-state index in [1.807, 2.05) is 49.6 Å². The molecule has 0 aliphatic heterocycles. The Labute approximate surface area is 162 Å². The first-order valence-electron chi connectivity index (χ1n) is 8.59. The Hall–Kier alpha value is -2.39. The van der Waals surface area contributed by atoms with Crippen molar-refractivity contribution in [1.82, 2.24) is 20.1 Å². The van der Waals surface area contributed by atoms with Crippen molar-refractivity contribution in [3.63, 3.8) is 0 Å². The van der Waals surface area contributed by atoms with Crippen LogP contribution in [0.4, 0.5) is 4.79 Å². The average Bonchev–Trinajstić information content (AvgIpc) is 2.99. The third-order valence-electron chi connectivity index (χ3n) is 3.85. The number of methoxy groups -OCH3 is 1. The lowest BCUT2D eigenvalue weighted by atomic mass is 10.1. The van der Waals surface area contributed by atoms with Crippen LogP contribution >= 0.6 is 11.8 Å². The zero-order valence-corrected chi connectivity index (χ0v) is 16.7. The Kier molecular flexibility index (Phi) is 7.37. The molecule has 1 aromatic carbocycles. The van der Waals surface area contributed by atoms with Gasteiger partial charge in [0, 0.05) is 12.7 Å². The molecular formula is C18H25N5O3S. The molecule has 146 valence electrons. The van der Waals surface area contributed by atoms with Gasteiger partial charge in [0.15, 0.2) is 11.0 Å². The van der Waals surface area contributed by atoms with Gasteiger partial charge in [-0.1, -0.05) is 49.4 Å². The van der Waals surface area contributed by atoms with Gasteiger partial charge in [-0.3, -0.25) is 14.7 Å². The van der Waals surface area contributed by atoms with Crippen molar-refractivity contribution in [1.29, 1.82) is 0 Å². The number of nitrogens with one attached hydrogen (secondary N) is 1. The molecule has 27 heavy (non-hydrogen) atoms. The normalized spacial score (nSPS) is 12.2. The number of imide groups is 1. The van der Waals surface area contributed by atoms with E-state index in [2.05, 4.69) is 15.5 Å². The summed E-state index contributed by atoms with van der Waals surface area (Å²) >= 11 is 1.26. The monoisotopic (exact) mass is 391 g/mol. The maximum atomic E-state index is 12.3. The first kappa shape index (κ1) is 20.9. The minimum Gasteiger partial charge on any atom is -0.383 e. The highest BCUT2D eigenvalue weighted by molar-refractivity contribution is 8.00. The topological polar surface area (TPSA) is 112 Å². The van der Waals surface area contributed by atoms with Gasteiger partial charge in [0.2, 0.25) is 5.91 Å². The number of nitrogens with zero attached hydrogens (tertiary/aromatic N) is 3. The Morgan fingerprint density at radius 1 is 1.33 bits per heavy atom. The number of thioether (sulfide) groups is 1. The van der Waals surface area contributed by atoms with Gasteiger partial charge in [0.25, 0.3) is 0 Å². The van der Waals surface area contributed by atoms with Crippen molar-refractivity contribution < 1.29 is 14.3 Å². The molecule has 0 unspecified atom stereocenters. The van der Waals surface area contributed by atoms with E-state index in [1.165, 1.54) is 11.8 Å². The molecule has 3 amide bonds. The molecule has 0 bridgehead atoms. The summed E-state index contributed by atoms with van der Waals surface area (Å²) in [5.41, 5.74) is 7.14. The summed E-state index contributed by atoms with van der Waals surface area (Å²) < 4.78 is 7.14. The molecule has 9 heteroatoms. The maximum absolute atomic E-state index is 12.3. The highest BCUT2D eigenvalue weighted by atomic mass is 32.2. The fourth-order valence-corrected chi connectivity index (χ4v) is 3.61. The van der Waals surface area contributed by atoms with Crippen LogP contribution in [0.1, 0.15) is 19.4 Å². The largest absolute Gasteiger partial charge is 0.383 e. The summed E-state index contributed by atoms with van der Waals surface area (Å²) in [5, 5.41) is 10.8. The lowest BCUT2D eigenvalue weighted by Gasteiger charge is -2.19. The molecule has 3 N–H and O–H groups in total. The predicted octanol–water partition coefficient (Wildman–Crippen LogP) is 2.21. The van der Waals surface area contributed by atoms with Gasteiger partial charge in [-0.25, -0.2) is 4.79 Å². The molecule has 1 atom stereocenters. The number of nitrogens with two attached hydrogens (primary N) is 1. The van der Waals surface area contributed by atoms with E-state index < -0.39 is 17.2 Å². The molecule has 0 fully saturated rings. The summed E-state index contributed by atoms with van der Waals surface area (Å²) in [7, 11) is 1.63. The first-order valence-corrected chi connectivity index (χ1v) is 9.47. The number of amides is 3. The summed E-state index contributed by atoms with van der Waals surface area (Å²) in [6.07, 6.45) is 0. The van der Waals surface area contributed by atoms with E-state index >= 15 is 0 Å². The average molecular weight is 391 g/mol. The lowest BCUT2D eigenvalue weighted by molar-refractivity contribution is -0.120. The van der Waals surface area contributed by atoms with Crippen molar-refractivity contribution in [3.8, 4) is 11.4 Å². The quantitative estimate of drug-likeness (QED) is 0.667. The molecule has 8 nitrogen and oxygen atoms in total. The Morgan fingerprint density at radius 2 is 2.07 bits per heavy atom. The van der Waals surface area contributed by atoms with Gasteiger partial charge >= 0.3 is 6.03 Å². The number of aromatic nitrogens is 3. The van der Waals surface area contributed by atoms with Crippen LogP contribution in [0.5, 0.6) is 0 Å². The number of carbonyl (C=O) groups excluding carboxylic acids is 2. The van der Waals surface area contributed by atoms with Gasteiger partial charge < -0.3 is 10.5 Å². The van der Waals surface area contributed by atoms with Gasteiger partial charge in [0.1, 0.15) is 0 Å². The highest BCUT2D eigenvalue weighted by Crippen LogP contribution is 2.30. The van der Waals surface area contributed by atoms with Gasteiger partial charge in [0.05, 0.1) is 18.4 Å². The van der Waals surface area contributed by atoms with E-state index in [0.717, 1.165) is 11.1 Å². The van der Waals surface area contributed by atoms with E-state index in [0.29, 0.717) is 24.1 Å². The molecule has 0 aliphatic carbocycles. The minimum absolute atomic E-state index is 0.0376. The summed E-state index contributed by atoms with van der Waals surface area (Å²) in [6, 6.07) is 7.10. The first-order chi connectivity index (χ1) is 12.8. The van der Waals surface area contributed by atoms with Crippen LogP contribution in [-0.4, -0.2) is 45.7 Å². The Balaban J connectivity index is 2.37. The number of carbonyl (C=O) groups is 2. The summed E-state index contributed by atoms with van der Waals surface area (Å²) in [4.78, 5) is 23.4. The third kappa shape index (κ3) is 5.54. The smallest absolute Gasteiger partial charge is 0.318 e. The molecule has 0 saturated carbocycles. The SMILES string of the molecule is COCCn1c(S[C@H](C(=O)NC(N)=O)C(C)C)nnc1-c1cccc(C)c1. The van der Waals surface area contributed by atoms with Gasteiger partial charge in [-0.15, -0.1) is 10.2 Å². The minimum atomic E-state index is -0.868. The second-order valence-electron chi connectivity index (χ2n) is 6.46. The fraction of sp³-hybridized carbons (Fsp3) is 0.444. The molecule has 0 radical (unpaired) electrons. The zero-order chi connectivity index (χ0) is 20.0. The van der Waals surface area contributed by atoms with E-state index in [1.54, 1.807) is 7.11 Å². The van der Waals surface area contributed by atoms with Crippen LogP contribution in [0, 0.1) is 12.8 Å². The van der Waals surface area contributed by atoms with E-state index in [9.17, 15) is 9.59 Å². The number of hydrogen-bond acceptors (Lipinski definition) is 6. The highest BCUT2D eigenvalue weighted by Gasteiger charge is 2.27. The lowest BCUT2D eigenvalue weighted by Crippen LogP contribution is -2.42. The number of benzene rings is 1. The number of primary amides is 1. The van der Waals surface area contributed by atoms with Crippen molar-refractivity contribution in [3.05, 3.63) is 29.8 Å². The summed E-state index contributed by atoms with van der Waals surface area (Å²) in [6.45, 7) is 6.82. The van der Waals surface area contributed by atoms with Crippen molar-refractivity contribution in [2.45, 2.75) is 37.7 Å². The molecule has 2 rings (SSSR count). The van der Waals surface area contributed by atoms with Crippen LogP contribution in [0.3, 0.4) is 0 Å². The molecule has 1 aromatic heterocycles. The third-order valence-corrected chi connectivity index (χ3v) is 5.38. The fourth-order valence-electron chi connectivity index (χ4n) is 2.56. The van der Waals surface area contributed by atoms with Crippen molar-refractivity contribution in [2.75, 3.05) is 13.7 Å². The van der Waals surface area contributed by atoms with Crippen LogP contribution in [-0.2, 0) is 16.1 Å². The predicted molar refractivity (Wildman–Crippen MR) is 104 cm³/mol. The second-order valence-corrected chi connectivity index (χ2v) is 7.56.